The Morgan fingerprint density at radius 1 is 1.48 bits per heavy atom. The van der Waals surface area contributed by atoms with Gasteiger partial charge in [-0.25, -0.2) is 4.68 Å². The van der Waals surface area contributed by atoms with Crippen molar-refractivity contribution in [3.63, 3.8) is 0 Å². The SMILES string of the molecule is Cc1cc(OCn2ccc(C(=O)NCCO)n2)ccc1Cl. The van der Waals surface area contributed by atoms with E-state index in [4.69, 9.17) is 21.4 Å². The van der Waals surface area contributed by atoms with Crippen LogP contribution in [0.15, 0.2) is 30.5 Å². The van der Waals surface area contributed by atoms with Crippen LogP contribution in [-0.4, -0.2) is 33.9 Å². The number of aromatic nitrogens is 2. The molecule has 0 unspecified atom stereocenters. The van der Waals surface area contributed by atoms with Crippen molar-refractivity contribution in [2.75, 3.05) is 13.2 Å². The third-order valence-electron chi connectivity index (χ3n) is 2.76. The van der Waals surface area contributed by atoms with E-state index in [2.05, 4.69) is 10.4 Å². The predicted octanol–water partition coefficient (Wildman–Crippen LogP) is 1.60. The lowest BCUT2D eigenvalue weighted by molar-refractivity contribution is 0.0937. The lowest BCUT2D eigenvalue weighted by atomic mass is 10.2. The van der Waals surface area contributed by atoms with E-state index in [9.17, 15) is 4.79 Å². The molecule has 0 atom stereocenters. The Labute approximate surface area is 127 Å². The van der Waals surface area contributed by atoms with E-state index in [1.54, 1.807) is 24.4 Å². The van der Waals surface area contributed by atoms with Crippen molar-refractivity contribution in [1.29, 1.82) is 0 Å². The van der Waals surface area contributed by atoms with E-state index in [0.717, 1.165) is 5.56 Å². The summed E-state index contributed by atoms with van der Waals surface area (Å²) < 4.78 is 7.08. The van der Waals surface area contributed by atoms with E-state index in [-0.39, 0.29) is 31.5 Å². The number of ether oxygens (including phenoxy) is 1. The van der Waals surface area contributed by atoms with E-state index in [0.29, 0.717) is 10.8 Å². The minimum atomic E-state index is -0.329. The normalized spacial score (nSPS) is 10.4. The second-order valence-electron chi connectivity index (χ2n) is 4.40. The molecule has 0 radical (unpaired) electrons. The number of nitrogens with one attached hydrogen (secondary N) is 1. The maximum absolute atomic E-state index is 11.6. The number of aliphatic hydroxyl groups excluding tert-OH is 1. The fraction of sp³-hybridized carbons (Fsp3) is 0.286. The molecule has 112 valence electrons. The Hall–Kier alpha value is -2.05. The number of rotatable bonds is 6. The van der Waals surface area contributed by atoms with Crippen LogP contribution in [0.1, 0.15) is 16.1 Å². The standard InChI is InChI=1S/C14H16ClN3O3/c1-10-8-11(2-3-12(10)15)21-9-18-6-4-13(17-18)14(20)16-5-7-19/h2-4,6,8,19H,5,7,9H2,1H3,(H,16,20). The van der Waals surface area contributed by atoms with Gasteiger partial charge in [0.2, 0.25) is 0 Å². The number of benzene rings is 1. The van der Waals surface area contributed by atoms with Gasteiger partial charge in [-0.05, 0) is 36.8 Å². The molecule has 1 aromatic carbocycles. The summed E-state index contributed by atoms with van der Waals surface area (Å²) in [5.74, 6) is 0.351. The second-order valence-corrected chi connectivity index (χ2v) is 4.81. The molecule has 0 saturated carbocycles. The minimum absolute atomic E-state index is 0.106. The fourth-order valence-corrected chi connectivity index (χ4v) is 1.78. The monoisotopic (exact) mass is 309 g/mol. The molecule has 0 aliphatic carbocycles. The van der Waals surface area contributed by atoms with Gasteiger partial charge in [0.1, 0.15) is 11.4 Å². The summed E-state index contributed by atoms with van der Waals surface area (Å²) in [6.07, 6.45) is 1.65. The first kappa shape index (κ1) is 15.3. The van der Waals surface area contributed by atoms with Crippen LogP contribution in [0.5, 0.6) is 5.75 Å². The number of aryl methyl sites for hydroxylation is 1. The number of carbonyl (C=O) groups excluding carboxylic acids is 1. The summed E-state index contributed by atoms with van der Waals surface area (Å²) in [7, 11) is 0. The Morgan fingerprint density at radius 3 is 3.00 bits per heavy atom. The highest BCUT2D eigenvalue weighted by molar-refractivity contribution is 6.31. The number of amides is 1. The van der Waals surface area contributed by atoms with Gasteiger partial charge in [0.05, 0.1) is 6.61 Å². The van der Waals surface area contributed by atoms with Crippen molar-refractivity contribution in [3.8, 4) is 5.75 Å². The molecule has 2 rings (SSSR count). The Bertz CT molecular complexity index is 628. The molecule has 0 aliphatic heterocycles. The Kier molecular flexibility index (Phi) is 5.19. The molecule has 0 spiro atoms. The van der Waals surface area contributed by atoms with E-state index in [1.165, 1.54) is 4.68 Å². The summed E-state index contributed by atoms with van der Waals surface area (Å²) >= 11 is 5.94. The van der Waals surface area contributed by atoms with Crippen LogP contribution in [-0.2, 0) is 6.73 Å². The average molecular weight is 310 g/mol. The van der Waals surface area contributed by atoms with Gasteiger partial charge in [-0.15, -0.1) is 0 Å². The molecule has 21 heavy (non-hydrogen) atoms. The molecule has 1 aromatic heterocycles. The first-order chi connectivity index (χ1) is 10.1. The lowest BCUT2D eigenvalue weighted by Gasteiger charge is -2.07. The topological polar surface area (TPSA) is 76.4 Å². The van der Waals surface area contributed by atoms with Gasteiger partial charge in [0, 0.05) is 17.8 Å². The molecule has 0 fully saturated rings. The first-order valence-corrected chi connectivity index (χ1v) is 6.79. The molecule has 1 amide bonds. The maximum atomic E-state index is 11.6. The summed E-state index contributed by atoms with van der Waals surface area (Å²) in [6.45, 7) is 2.18. The highest BCUT2D eigenvalue weighted by Gasteiger charge is 2.08. The van der Waals surface area contributed by atoms with Gasteiger partial charge >= 0.3 is 0 Å². The van der Waals surface area contributed by atoms with E-state index < -0.39 is 0 Å². The number of nitrogens with zero attached hydrogens (tertiary/aromatic N) is 2. The molecule has 0 saturated heterocycles. The van der Waals surface area contributed by atoms with Crippen molar-refractivity contribution >= 4 is 17.5 Å². The summed E-state index contributed by atoms with van der Waals surface area (Å²) in [6, 6.07) is 6.96. The Morgan fingerprint density at radius 2 is 2.29 bits per heavy atom. The van der Waals surface area contributed by atoms with E-state index in [1.807, 2.05) is 13.0 Å². The van der Waals surface area contributed by atoms with Crippen molar-refractivity contribution in [2.24, 2.45) is 0 Å². The molecular formula is C14H16ClN3O3. The van der Waals surface area contributed by atoms with Crippen molar-refractivity contribution in [1.82, 2.24) is 15.1 Å². The summed E-state index contributed by atoms with van der Waals surface area (Å²) in [5, 5.41) is 16.0. The molecule has 2 aromatic rings. The molecule has 7 heteroatoms. The van der Waals surface area contributed by atoms with Gasteiger partial charge in [-0.1, -0.05) is 11.6 Å². The number of hydrogen-bond acceptors (Lipinski definition) is 4. The molecule has 0 aliphatic rings. The maximum Gasteiger partial charge on any atom is 0.271 e. The average Bonchev–Trinajstić information content (AvgIpc) is 2.95. The zero-order valence-corrected chi connectivity index (χ0v) is 12.3. The number of halogens is 1. The largest absolute Gasteiger partial charge is 0.471 e. The molecular weight excluding hydrogens is 294 g/mol. The quantitative estimate of drug-likeness (QED) is 0.850. The molecule has 6 nitrogen and oxygen atoms in total. The number of carbonyl (C=O) groups is 1. The number of aliphatic hydroxyl groups is 1. The molecule has 0 bridgehead atoms. The second kappa shape index (κ2) is 7.10. The summed E-state index contributed by atoms with van der Waals surface area (Å²) in [5.41, 5.74) is 1.21. The summed E-state index contributed by atoms with van der Waals surface area (Å²) in [4.78, 5) is 11.6. The van der Waals surface area contributed by atoms with Gasteiger partial charge in [0.15, 0.2) is 6.73 Å². The Balaban J connectivity index is 1.93. The minimum Gasteiger partial charge on any atom is -0.471 e. The van der Waals surface area contributed by atoms with Crippen LogP contribution in [0.25, 0.3) is 0 Å². The predicted molar refractivity (Wildman–Crippen MR) is 78.5 cm³/mol. The zero-order valence-electron chi connectivity index (χ0n) is 11.5. The highest BCUT2D eigenvalue weighted by atomic mass is 35.5. The first-order valence-electron chi connectivity index (χ1n) is 6.41. The van der Waals surface area contributed by atoms with Crippen LogP contribution in [0, 0.1) is 6.92 Å². The van der Waals surface area contributed by atoms with Crippen LogP contribution in [0.4, 0.5) is 0 Å². The van der Waals surface area contributed by atoms with E-state index >= 15 is 0 Å². The van der Waals surface area contributed by atoms with Gasteiger partial charge in [-0.2, -0.15) is 5.10 Å². The molecule has 2 N–H and O–H groups in total. The fourth-order valence-electron chi connectivity index (χ4n) is 1.66. The highest BCUT2D eigenvalue weighted by Crippen LogP contribution is 2.21. The van der Waals surface area contributed by atoms with Gasteiger partial charge in [-0.3, -0.25) is 4.79 Å². The van der Waals surface area contributed by atoms with Gasteiger partial charge in [0.25, 0.3) is 5.91 Å². The van der Waals surface area contributed by atoms with Crippen LogP contribution >= 0.6 is 11.6 Å². The lowest BCUT2D eigenvalue weighted by Crippen LogP contribution is -2.26. The van der Waals surface area contributed by atoms with Crippen molar-refractivity contribution in [2.45, 2.75) is 13.7 Å². The van der Waals surface area contributed by atoms with Crippen LogP contribution in [0.3, 0.4) is 0 Å². The van der Waals surface area contributed by atoms with Crippen LogP contribution < -0.4 is 10.1 Å². The third kappa shape index (κ3) is 4.21. The number of hydrogen-bond donors (Lipinski definition) is 2. The van der Waals surface area contributed by atoms with Crippen molar-refractivity contribution in [3.05, 3.63) is 46.7 Å². The van der Waals surface area contributed by atoms with Gasteiger partial charge < -0.3 is 15.2 Å². The molecule has 1 heterocycles. The smallest absolute Gasteiger partial charge is 0.271 e. The van der Waals surface area contributed by atoms with Crippen molar-refractivity contribution < 1.29 is 14.6 Å². The third-order valence-corrected chi connectivity index (χ3v) is 3.19. The zero-order chi connectivity index (χ0) is 15.2. The van der Waals surface area contributed by atoms with Crippen LogP contribution in [0.2, 0.25) is 5.02 Å².